The number of carboxylic acids is 1. The lowest BCUT2D eigenvalue weighted by atomic mass is 9.78. The normalized spacial score (nSPS) is 9.80. The monoisotopic (exact) mass is 210 g/mol. The van der Waals surface area contributed by atoms with Crippen LogP contribution in [0.5, 0.6) is 5.75 Å². The summed E-state index contributed by atoms with van der Waals surface area (Å²) in [5.41, 5.74) is -0.0285. The number of ether oxygens (including phenoxy) is 1. The number of para-hydroxylation sites is 1. The molecule has 1 aromatic rings. The third-order valence-electron chi connectivity index (χ3n) is 1.84. The van der Waals surface area contributed by atoms with E-state index in [0.29, 0.717) is 0 Å². The SMILES string of the molecule is CCOc1c(B(O)O)cccc1C(=O)O. The summed E-state index contributed by atoms with van der Waals surface area (Å²) in [5, 5.41) is 26.9. The Balaban J connectivity index is 3.28. The highest BCUT2D eigenvalue weighted by Gasteiger charge is 2.22. The summed E-state index contributed by atoms with van der Waals surface area (Å²) in [6, 6.07) is 4.18. The fraction of sp³-hybridized carbons (Fsp3) is 0.222. The van der Waals surface area contributed by atoms with Crippen molar-refractivity contribution in [2.75, 3.05) is 6.61 Å². The fourth-order valence-electron chi connectivity index (χ4n) is 1.23. The van der Waals surface area contributed by atoms with Crippen molar-refractivity contribution < 1.29 is 24.7 Å². The molecule has 0 heterocycles. The average molecular weight is 210 g/mol. The molecule has 0 fully saturated rings. The molecular weight excluding hydrogens is 199 g/mol. The first-order valence-corrected chi connectivity index (χ1v) is 4.43. The molecule has 80 valence electrons. The van der Waals surface area contributed by atoms with Crippen LogP contribution in [-0.4, -0.2) is 34.8 Å². The largest absolute Gasteiger partial charge is 0.493 e. The molecule has 6 heteroatoms. The Morgan fingerprint density at radius 2 is 2.13 bits per heavy atom. The van der Waals surface area contributed by atoms with E-state index in [1.807, 2.05) is 0 Å². The van der Waals surface area contributed by atoms with E-state index in [4.69, 9.17) is 19.9 Å². The molecule has 0 spiro atoms. The van der Waals surface area contributed by atoms with Gasteiger partial charge in [0.1, 0.15) is 11.3 Å². The highest BCUT2D eigenvalue weighted by molar-refractivity contribution is 6.60. The van der Waals surface area contributed by atoms with Gasteiger partial charge in [0.05, 0.1) is 6.61 Å². The van der Waals surface area contributed by atoms with Crippen molar-refractivity contribution in [1.82, 2.24) is 0 Å². The first-order valence-electron chi connectivity index (χ1n) is 4.43. The van der Waals surface area contributed by atoms with Gasteiger partial charge in [0.15, 0.2) is 0 Å². The molecule has 3 N–H and O–H groups in total. The van der Waals surface area contributed by atoms with Crippen LogP contribution in [0, 0.1) is 0 Å². The van der Waals surface area contributed by atoms with E-state index in [-0.39, 0.29) is 23.4 Å². The van der Waals surface area contributed by atoms with E-state index < -0.39 is 13.1 Å². The molecule has 0 bridgehead atoms. The summed E-state index contributed by atoms with van der Waals surface area (Å²) in [7, 11) is -1.74. The van der Waals surface area contributed by atoms with Crippen molar-refractivity contribution in [3.8, 4) is 5.75 Å². The second-order valence-electron chi connectivity index (χ2n) is 2.84. The van der Waals surface area contributed by atoms with Crippen molar-refractivity contribution in [3.05, 3.63) is 23.8 Å². The Bertz CT molecular complexity index is 364. The molecule has 0 aliphatic heterocycles. The molecule has 0 saturated carbocycles. The maximum absolute atomic E-state index is 10.8. The fourth-order valence-corrected chi connectivity index (χ4v) is 1.23. The maximum atomic E-state index is 10.8. The highest BCUT2D eigenvalue weighted by atomic mass is 16.5. The van der Waals surface area contributed by atoms with Crippen LogP contribution in [0.3, 0.4) is 0 Å². The van der Waals surface area contributed by atoms with Gasteiger partial charge in [0.25, 0.3) is 0 Å². The summed E-state index contributed by atoms with van der Waals surface area (Å²) in [4.78, 5) is 10.8. The van der Waals surface area contributed by atoms with Gasteiger partial charge in [-0.25, -0.2) is 4.79 Å². The average Bonchev–Trinajstić information content (AvgIpc) is 2.17. The number of aromatic carboxylic acids is 1. The maximum Gasteiger partial charge on any atom is 0.492 e. The van der Waals surface area contributed by atoms with Gasteiger partial charge in [-0.2, -0.15) is 0 Å². The minimum atomic E-state index is -1.74. The zero-order chi connectivity index (χ0) is 11.4. The molecule has 0 saturated heterocycles. The minimum Gasteiger partial charge on any atom is -0.493 e. The topological polar surface area (TPSA) is 87.0 Å². The van der Waals surface area contributed by atoms with Crippen LogP contribution in [0.2, 0.25) is 0 Å². The van der Waals surface area contributed by atoms with Crippen LogP contribution in [0.1, 0.15) is 17.3 Å². The Hall–Kier alpha value is -1.53. The summed E-state index contributed by atoms with van der Waals surface area (Å²) < 4.78 is 5.09. The van der Waals surface area contributed by atoms with E-state index in [0.717, 1.165) is 0 Å². The molecule has 5 nitrogen and oxygen atoms in total. The molecule has 0 unspecified atom stereocenters. The van der Waals surface area contributed by atoms with Crippen molar-refractivity contribution in [1.29, 1.82) is 0 Å². The van der Waals surface area contributed by atoms with Gasteiger partial charge >= 0.3 is 13.1 Å². The Labute approximate surface area is 87.1 Å². The lowest BCUT2D eigenvalue weighted by Crippen LogP contribution is -2.32. The number of carbonyl (C=O) groups is 1. The Morgan fingerprint density at radius 3 is 2.60 bits per heavy atom. The van der Waals surface area contributed by atoms with Gasteiger partial charge in [-0.05, 0) is 13.0 Å². The van der Waals surface area contributed by atoms with Gasteiger partial charge < -0.3 is 19.9 Å². The molecule has 0 radical (unpaired) electrons. The summed E-state index contributed by atoms with van der Waals surface area (Å²) in [6.45, 7) is 1.94. The second-order valence-corrected chi connectivity index (χ2v) is 2.84. The summed E-state index contributed by atoms with van der Waals surface area (Å²) in [5.74, 6) is -1.16. The van der Waals surface area contributed by atoms with Crippen molar-refractivity contribution >= 4 is 18.6 Å². The Morgan fingerprint density at radius 1 is 1.47 bits per heavy atom. The zero-order valence-electron chi connectivity index (χ0n) is 8.17. The van der Waals surface area contributed by atoms with Gasteiger partial charge in [0, 0.05) is 5.46 Å². The number of benzene rings is 1. The van der Waals surface area contributed by atoms with Crippen LogP contribution in [0.25, 0.3) is 0 Å². The van der Waals surface area contributed by atoms with Crippen LogP contribution in [0.15, 0.2) is 18.2 Å². The van der Waals surface area contributed by atoms with Crippen molar-refractivity contribution in [3.63, 3.8) is 0 Å². The molecule has 0 aliphatic carbocycles. The van der Waals surface area contributed by atoms with Gasteiger partial charge in [-0.3, -0.25) is 0 Å². The third kappa shape index (κ3) is 2.48. The minimum absolute atomic E-state index is 0.00231. The molecule has 1 rings (SSSR count). The summed E-state index contributed by atoms with van der Waals surface area (Å²) in [6.07, 6.45) is 0. The van der Waals surface area contributed by atoms with E-state index >= 15 is 0 Å². The van der Waals surface area contributed by atoms with Crippen LogP contribution < -0.4 is 10.2 Å². The van der Waals surface area contributed by atoms with E-state index in [1.54, 1.807) is 6.92 Å². The van der Waals surface area contributed by atoms with E-state index in [1.165, 1.54) is 18.2 Å². The number of carboxylic acid groups (broad SMARTS) is 1. The van der Waals surface area contributed by atoms with Crippen LogP contribution >= 0.6 is 0 Å². The smallest absolute Gasteiger partial charge is 0.492 e. The van der Waals surface area contributed by atoms with Crippen LogP contribution in [0.4, 0.5) is 0 Å². The summed E-state index contributed by atoms with van der Waals surface area (Å²) >= 11 is 0. The quantitative estimate of drug-likeness (QED) is 0.581. The molecule has 1 aromatic carbocycles. The standard InChI is InChI=1S/C9H11BO5/c1-2-15-8-6(9(11)12)4-3-5-7(8)10(13)14/h3-5,13-14H,2H2,1H3,(H,11,12). The molecule has 0 amide bonds. The molecule has 15 heavy (non-hydrogen) atoms. The third-order valence-corrected chi connectivity index (χ3v) is 1.84. The number of hydrogen-bond acceptors (Lipinski definition) is 4. The number of hydrogen-bond donors (Lipinski definition) is 3. The lowest BCUT2D eigenvalue weighted by molar-refractivity contribution is 0.0693. The van der Waals surface area contributed by atoms with Crippen molar-refractivity contribution in [2.24, 2.45) is 0 Å². The predicted molar refractivity (Wildman–Crippen MR) is 54.4 cm³/mol. The first-order chi connectivity index (χ1) is 7.07. The molecule has 0 aliphatic rings. The van der Waals surface area contributed by atoms with Crippen molar-refractivity contribution in [2.45, 2.75) is 6.92 Å². The molecule has 0 aromatic heterocycles. The van der Waals surface area contributed by atoms with Gasteiger partial charge in [0.2, 0.25) is 0 Å². The highest BCUT2D eigenvalue weighted by Crippen LogP contribution is 2.16. The number of rotatable bonds is 4. The molecule has 0 atom stereocenters. The van der Waals surface area contributed by atoms with E-state index in [9.17, 15) is 4.79 Å². The van der Waals surface area contributed by atoms with Gasteiger partial charge in [-0.1, -0.05) is 12.1 Å². The zero-order valence-corrected chi connectivity index (χ0v) is 8.17. The first kappa shape index (κ1) is 11.5. The van der Waals surface area contributed by atoms with E-state index in [2.05, 4.69) is 0 Å². The van der Waals surface area contributed by atoms with Gasteiger partial charge in [-0.15, -0.1) is 0 Å². The van der Waals surface area contributed by atoms with Crippen LogP contribution in [-0.2, 0) is 0 Å². The molecular formula is C9H11BO5. The lowest BCUT2D eigenvalue weighted by Gasteiger charge is -2.11. The second kappa shape index (κ2) is 4.81. The predicted octanol–water partition coefficient (Wildman–Crippen LogP) is -0.537. The Kier molecular flexibility index (Phi) is 3.71.